The number of anilines is 1. The first-order valence-corrected chi connectivity index (χ1v) is 7.05. The molecule has 3 rings (SSSR count). The molecule has 1 aliphatic rings. The minimum Gasteiger partial charge on any atom is -0.497 e. The third-order valence-corrected chi connectivity index (χ3v) is 3.39. The van der Waals surface area contributed by atoms with E-state index in [9.17, 15) is 4.79 Å². The van der Waals surface area contributed by atoms with E-state index in [0.29, 0.717) is 24.5 Å². The van der Waals surface area contributed by atoms with Crippen molar-refractivity contribution in [3.8, 4) is 5.75 Å². The van der Waals surface area contributed by atoms with Crippen LogP contribution in [-0.4, -0.2) is 26.2 Å². The number of nitrogens with one attached hydrogen (secondary N) is 1. The van der Waals surface area contributed by atoms with Crippen LogP contribution in [0.2, 0.25) is 0 Å². The van der Waals surface area contributed by atoms with Gasteiger partial charge in [0, 0.05) is 16.8 Å². The van der Waals surface area contributed by atoms with Gasteiger partial charge in [-0.1, -0.05) is 18.2 Å². The van der Waals surface area contributed by atoms with Gasteiger partial charge in [0.1, 0.15) is 5.75 Å². The largest absolute Gasteiger partial charge is 0.497 e. The Labute approximate surface area is 128 Å². The molecule has 0 bridgehead atoms. The number of hydrogen-bond acceptors (Lipinski definition) is 4. The molecule has 114 valence electrons. The van der Waals surface area contributed by atoms with Gasteiger partial charge in [-0.2, -0.15) is 0 Å². The van der Waals surface area contributed by atoms with Crippen molar-refractivity contribution in [1.29, 1.82) is 0 Å². The van der Waals surface area contributed by atoms with Crippen molar-refractivity contribution in [2.24, 2.45) is 0 Å². The quantitative estimate of drug-likeness (QED) is 0.943. The Morgan fingerprint density at radius 1 is 1.14 bits per heavy atom. The molecule has 1 N–H and O–H groups in total. The van der Waals surface area contributed by atoms with E-state index in [1.54, 1.807) is 31.4 Å². The van der Waals surface area contributed by atoms with Crippen LogP contribution in [0.1, 0.15) is 22.2 Å². The highest BCUT2D eigenvalue weighted by Crippen LogP contribution is 2.24. The summed E-state index contributed by atoms with van der Waals surface area (Å²) < 4.78 is 16.0. The van der Waals surface area contributed by atoms with Gasteiger partial charge in [-0.05, 0) is 30.3 Å². The van der Waals surface area contributed by atoms with Crippen molar-refractivity contribution in [2.45, 2.75) is 6.29 Å². The van der Waals surface area contributed by atoms with Gasteiger partial charge >= 0.3 is 0 Å². The molecule has 5 heteroatoms. The molecule has 2 aromatic rings. The van der Waals surface area contributed by atoms with Crippen molar-refractivity contribution in [1.82, 2.24) is 0 Å². The molecule has 0 aliphatic carbocycles. The SMILES string of the molecule is COc1cccc(C(=O)Nc2ccc(C3OCCO3)cc2)c1. The molecule has 1 aliphatic heterocycles. The van der Waals surface area contributed by atoms with Crippen LogP contribution in [0.5, 0.6) is 5.75 Å². The smallest absolute Gasteiger partial charge is 0.255 e. The fourth-order valence-electron chi connectivity index (χ4n) is 2.24. The maximum absolute atomic E-state index is 12.2. The minimum atomic E-state index is -0.303. The van der Waals surface area contributed by atoms with Crippen LogP contribution in [0.3, 0.4) is 0 Å². The lowest BCUT2D eigenvalue weighted by molar-refractivity contribution is -0.0441. The summed E-state index contributed by atoms with van der Waals surface area (Å²) in [7, 11) is 1.57. The Hall–Kier alpha value is -2.37. The Kier molecular flexibility index (Phi) is 4.37. The molecule has 0 atom stereocenters. The van der Waals surface area contributed by atoms with Crippen LogP contribution in [0.4, 0.5) is 5.69 Å². The molecule has 2 aromatic carbocycles. The Morgan fingerprint density at radius 2 is 1.86 bits per heavy atom. The van der Waals surface area contributed by atoms with E-state index in [0.717, 1.165) is 11.3 Å². The molecule has 5 nitrogen and oxygen atoms in total. The third kappa shape index (κ3) is 3.27. The second-order valence-electron chi connectivity index (χ2n) is 4.88. The van der Waals surface area contributed by atoms with Crippen molar-refractivity contribution >= 4 is 11.6 Å². The first-order chi connectivity index (χ1) is 10.8. The van der Waals surface area contributed by atoms with Crippen molar-refractivity contribution in [3.05, 3.63) is 59.7 Å². The first-order valence-electron chi connectivity index (χ1n) is 7.05. The van der Waals surface area contributed by atoms with Crippen molar-refractivity contribution < 1.29 is 19.0 Å². The summed E-state index contributed by atoms with van der Waals surface area (Å²) in [6.45, 7) is 1.22. The van der Waals surface area contributed by atoms with Gasteiger partial charge in [-0.3, -0.25) is 4.79 Å². The Bertz CT molecular complexity index is 648. The van der Waals surface area contributed by atoms with Crippen LogP contribution in [0.15, 0.2) is 48.5 Å². The average Bonchev–Trinajstić information content (AvgIpc) is 3.10. The number of ether oxygens (including phenoxy) is 3. The zero-order chi connectivity index (χ0) is 15.4. The molecular weight excluding hydrogens is 282 g/mol. The topological polar surface area (TPSA) is 56.8 Å². The number of amides is 1. The maximum atomic E-state index is 12.2. The summed E-state index contributed by atoms with van der Waals surface area (Å²) in [5.74, 6) is 0.471. The minimum absolute atomic E-state index is 0.181. The highest BCUT2D eigenvalue weighted by molar-refractivity contribution is 6.04. The van der Waals surface area contributed by atoms with E-state index in [4.69, 9.17) is 14.2 Å². The van der Waals surface area contributed by atoms with E-state index < -0.39 is 0 Å². The first kappa shape index (κ1) is 14.6. The number of carbonyl (C=O) groups excluding carboxylic acids is 1. The summed E-state index contributed by atoms with van der Waals surface area (Å²) in [6, 6.07) is 14.5. The van der Waals surface area contributed by atoms with Crippen LogP contribution in [-0.2, 0) is 9.47 Å². The molecule has 0 unspecified atom stereocenters. The van der Waals surface area contributed by atoms with E-state index in [-0.39, 0.29) is 12.2 Å². The zero-order valence-electron chi connectivity index (χ0n) is 12.2. The molecule has 0 radical (unpaired) electrons. The second kappa shape index (κ2) is 6.60. The number of benzene rings is 2. The summed E-state index contributed by atoms with van der Waals surface area (Å²) in [6.07, 6.45) is -0.303. The highest BCUT2D eigenvalue weighted by atomic mass is 16.7. The van der Waals surface area contributed by atoms with Crippen molar-refractivity contribution in [2.75, 3.05) is 25.6 Å². The third-order valence-electron chi connectivity index (χ3n) is 3.39. The lowest BCUT2D eigenvalue weighted by Gasteiger charge is -2.11. The molecule has 0 saturated carbocycles. The molecule has 22 heavy (non-hydrogen) atoms. The van der Waals surface area contributed by atoms with E-state index in [1.807, 2.05) is 24.3 Å². The molecule has 1 saturated heterocycles. The fraction of sp³-hybridized carbons (Fsp3) is 0.235. The predicted molar refractivity (Wildman–Crippen MR) is 82.0 cm³/mol. The number of rotatable bonds is 4. The van der Waals surface area contributed by atoms with Gasteiger partial charge in [0.15, 0.2) is 6.29 Å². The molecule has 0 spiro atoms. The summed E-state index contributed by atoms with van der Waals surface area (Å²) in [5.41, 5.74) is 2.21. The number of carbonyl (C=O) groups is 1. The Balaban J connectivity index is 1.68. The van der Waals surface area contributed by atoms with Crippen molar-refractivity contribution in [3.63, 3.8) is 0 Å². The van der Waals surface area contributed by atoms with Crippen LogP contribution in [0, 0.1) is 0 Å². The van der Waals surface area contributed by atoms with Gasteiger partial charge in [0.25, 0.3) is 5.91 Å². The molecule has 0 aromatic heterocycles. The lowest BCUT2D eigenvalue weighted by atomic mass is 10.1. The average molecular weight is 299 g/mol. The maximum Gasteiger partial charge on any atom is 0.255 e. The fourth-order valence-corrected chi connectivity index (χ4v) is 2.24. The van der Waals surface area contributed by atoms with Gasteiger partial charge < -0.3 is 19.5 Å². The molecular formula is C17H17NO4. The normalized spacial score (nSPS) is 14.8. The van der Waals surface area contributed by atoms with E-state index in [2.05, 4.69) is 5.32 Å². The van der Waals surface area contributed by atoms with Gasteiger partial charge in [0.2, 0.25) is 0 Å². The second-order valence-corrected chi connectivity index (χ2v) is 4.88. The van der Waals surface area contributed by atoms with Crippen LogP contribution in [0.25, 0.3) is 0 Å². The summed E-state index contributed by atoms with van der Waals surface area (Å²) >= 11 is 0. The monoisotopic (exact) mass is 299 g/mol. The van der Waals surface area contributed by atoms with Gasteiger partial charge in [0.05, 0.1) is 20.3 Å². The number of methoxy groups -OCH3 is 1. The zero-order valence-corrected chi connectivity index (χ0v) is 12.2. The summed E-state index contributed by atoms with van der Waals surface area (Å²) in [4.78, 5) is 12.2. The predicted octanol–water partition coefficient (Wildman–Crippen LogP) is 2.99. The summed E-state index contributed by atoms with van der Waals surface area (Å²) in [5, 5.41) is 2.85. The van der Waals surface area contributed by atoms with Crippen LogP contribution >= 0.6 is 0 Å². The van der Waals surface area contributed by atoms with Gasteiger partial charge in [-0.25, -0.2) is 0 Å². The van der Waals surface area contributed by atoms with E-state index >= 15 is 0 Å². The van der Waals surface area contributed by atoms with Gasteiger partial charge in [-0.15, -0.1) is 0 Å². The van der Waals surface area contributed by atoms with E-state index in [1.165, 1.54) is 0 Å². The lowest BCUT2D eigenvalue weighted by Crippen LogP contribution is -2.12. The standard InChI is InChI=1S/C17H17NO4/c1-20-15-4-2-3-13(11-15)16(19)18-14-7-5-12(6-8-14)17-21-9-10-22-17/h2-8,11,17H,9-10H2,1H3,(H,18,19). The molecule has 1 heterocycles. The highest BCUT2D eigenvalue weighted by Gasteiger charge is 2.18. The van der Waals surface area contributed by atoms with Crippen LogP contribution < -0.4 is 10.1 Å². The number of hydrogen-bond donors (Lipinski definition) is 1. The Morgan fingerprint density at radius 3 is 2.55 bits per heavy atom. The molecule has 1 amide bonds. The molecule has 1 fully saturated rings.